The predicted molar refractivity (Wildman–Crippen MR) is 64.2 cm³/mol. The highest BCUT2D eigenvalue weighted by atomic mass is 16.5. The molecule has 18 heavy (non-hydrogen) atoms. The molecule has 1 atom stereocenters. The SMILES string of the molecule is COC(CNC(=O)CCC1CCOCC1)C(=O)O. The monoisotopic (exact) mass is 259 g/mol. The Kier molecular flexibility index (Phi) is 6.67. The van der Waals surface area contributed by atoms with Crippen molar-refractivity contribution in [3.8, 4) is 0 Å². The Hall–Kier alpha value is -1.14. The maximum atomic E-state index is 11.5. The van der Waals surface area contributed by atoms with Gasteiger partial charge in [0.05, 0.1) is 6.54 Å². The lowest BCUT2D eigenvalue weighted by Crippen LogP contribution is -2.37. The number of carbonyl (C=O) groups is 2. The molecule has 0 bridgehead atoms. The van der Waals surface area contributed by atoms with Gasteiger partial charge in [-0.2, -0.15) is 0 Å². The summed E-state index contributed by atoms with van der Waals surface area (Å²) in [5.74, 6) is -0.644. The Morgan fingerprint density at radius 3 is 2.67 bits per heavy atom. The second-order valence-electron chi connectivity index (χ2n) is 4.46. The number of carbonyl (C=O) groups excluding carboxylic acids is 1. The summed E-state index contributed by atoms with van der Waals surface area (Å²) >= 11 is 0. The van der Waals surface area contributed by atoms with E-state index in [4.69, 9.17) is 14.6 Å². The molecule has 104 valence electrons. The fourth-order valence-corrected chi connectivity index (χ4v) is 1.94. The fourth-order valence-electron chi connectivity index (χ4n) is 1.94. The third kappa shape index (κ3) is 5.46. The van der Waals surface area contributed by atoms with Gasteiger partial charge in [0.15, 0.2) is 6.10 Å². The third-order valence-electron chi connectivity index (χ3n) is 3.17. The zero-order chi connectivity index (χ0) is 13.4. The zero-order valence-corrected chi connectivity index (χ0v) is 10.7. The number of amides is 1. The molecule has 0 aromatic carbocycles. The van der Waals surface area contributed by atoms with E-state index in [-0.39, 0.29) is 12.5 Å². The summed E-state index contributed by atoms with van der Waals surface area (Å²) < 4.78 is 9.97. The van der Waals surface area contributed by atoms with Crippen LogP contribution in [0.15, 0.2) is 0 Å². The quantitative estimate of drug-likeness (QED) is 0.691. The van der Waals surface area contributed by atoms with Gasteiger partial charge in [-0.25, -0.2) is 4.79 Å². The second kappa shape index (κ2) is 8.05. The van der Waals surface area contributed by atoms with Crippen LogP contribution < -0.4 is 5.32 Å². The molecular formula is C12H21NO5. The van der Waals surface area contributed by atoms with E-state index < -0.39 is 12.1 Å². The van der Waals surface area contributed by atoms with Crippen LogP contribution in [0.4, 0.5) is 0 Å². The van der Waals surface area contributed by atoms with Crippen LogP contribution >= 0.6 is 0 Å². The molecule has 6 heteroatoms. The standard InChI is InChI=1S/C12H21NO5/c1-17-10(12(15)16)8-13-11(14)3-2-9-4-6-18-7-5-9/h9-10H,2-8H2,1H3,(H,13,14)(H,15,16). The Morgan fingerprint density at radius 2 is 2.11 bits per heavy atom. The molecule has 0 aromatic heterocycles. The van der Waals surface area contributed by atoms with E-state index in [0.29, 0.717) is 12.3 Å². The number of methoxy groups -OCH3 is 1. The molecule has 0 radical (unpaired) electrons. The van der Waals surface area contributed by atoms with Crippen molar-refractivity contribution in [2.45, 2.75) is 31.8 Å². The summed E-state index contributed by atoms with van der Waals surface area (Å²) in [5.41, 5.74) is 0. The minimum absolute atomic E-state index is 0.0123. The van der Waals surface area contributed by atoms with Crippen LogP contribution in [-0.2, 0) is 19.1 Å². The molecular weight excluding hydrogens is 238 g/mol. The lowest BCUT2D eigenvalue weighted by molar-refractivity contribution is -0.148. The van der Waals surface area contributed by atoms with Gasteiger partial charge in [0.1, 0.15) is 0 Å². The molecule has 0 aliphatic carbocycles. The number of hydrogen-bond acceptors (Lipinski definition) is 4. The first-order chi connectivity index (χ1) is 8.63. The van der Waals surface area contributed by atoms with Crippen LogP contribution in [0.1, 0.15) is 25.7 Å². The number of carboxylic acids is 1. The number of rotatable bonds is 7. The van der Waals surface area contributed by atoms with Crippen molar-refractivity contribution in [2.24, 2.45) is 5.92 Å². The topological polar surface area (TPSA) is 84.9 Å². The molecule has 1 unspecified atom stereocenters. The van der Waals surface area contributed by atoms with E-state index in [2.05, 4.69) is 5.32 Å². The first-order valence-electron chi connectivity index (χ1n) is 6.23. The van der Waals surface area contributed by atoms with Gasteiger partial charge < -0.3 is 19.9 Å². The van der Waals surface area contributed by atoms with Gasteiger partial charge in [0.25, 0.3) is 0 Å². The molecule has 2 N–H and O–H groups in total. The average Bonchev–Trinajstić information content (AvgIpc) is 2.38. The molecule has 1 fully saturated rings. The highest BCUT2D eigenvalue weighted by Gasteiger charge is 2.18. The third-order valence-corrected chi connectivity index (χ3v) is 3.17. The molecule has 0 aromatic rings. The molecule has 1 aliphatic rings. The van der Waals surface area contributed by atoms with Gasteiger partial charge in [0, 0.05) is 26.7 Å². The smallest absolute Gasteiger partial charge is 0.334 e. The van der Waals surface area contributed by atoms with E-state index in [0.717, 1.165) is 32.5 Å². The summed E-state index contributed by atoms with van der Waals surface area (Å²) in [6.45, 7) is 1.56. The summed E-state index contributed by atoms with van der Waals surface area (Å²) in [4.78, 5) is 22.2. The lowest BCUT2D eigenvalue weighted by atomic mass is 9.95. The Labute approximate surface area is 107 Å². The first-order valence-corrected chi connectivity index (χ1v) is 6.23. The molecule has 6 nitrogen and oxygen atoms in total. The molecule has 1 saturated heterocycles. The van der Waals surface area contributed by atoms with Crippen molar-refractivity contribution in [1.82, 2.24) is 5.32 Å². The highest BCUT2D eigenvalue weighted by molar-refractivity contribution is 5.78. The summed E-state index contributed by atoms with van der Waals surface area (Å²) in [6, 6.07) is 0. The van der Waals surface area contributed by atoms with E-state index in [9.17, 15) is 9.59 Å². The van der Waals surface area contributed by atoms with Crippen molar-refractivity contribution in [2.75, 3.05) is 26.9 Å². The van der Waals surface area contributed by atoms with Gasteiger partial charge >= 0.3 is 5.97 Å². The van der Waals surface area contributed by atoms with Crippen molar-refractivity contribution in [3.63, 3.8) is 0 Å². The van der Waals surface area contributed by atoms with Crippen LogP contribution in [-0.4, -0.2) is 50.0 Å². The van der Waals surface area contributed by atoms with Gasteiger partial charge in [0.2, 0.25) is 5.91 Å². The number of hydrogen-bond donors (Lipinski definition) is 2. The van der Waals surface area contributed by atoms with Crippen molar-refractivity contribution in [3.05, 3.63) is 0 Å². The number of aliphatic carboxylic acids is 1. The molecule has 0 spiro atoms. The van der Waals surface area contributed by atoms with Gasteiger partial charge in [-0.15, -0.1) is 0 Å². The summed E-state index contributed by atoms with van der Waals surface area (Å²) in [7, 11) is 1.31. The van der Waals surface area contributed by atoms with Crippen LogP contribution in [0.25, 0.3) is 0 Å². The van der Waals surface area contributed by atoms with E-state index in [1.807, 2.05) is 0 Å². The van der Waals surface area contributed by atoms with Crippen molar-refractivity contribution >= 4 is 11.9 Å². The van der Waals surface area contributed by atoms with Crippen LogP contribution in [0, 0.1) is 5.92 Å². The van der Waals surface area contributed by atoms with Crippen LogP contribution in [0.2, 0.25) is 0 Å². The Bertz CT molecular complexity index is 276. The maximum absolute atomic E-state index is 11.5. The average molecular weight is 259 g/mol. The minimum Gasteiger partial charge on any atom is -0.479 e. The summed E-state index contributed by atoms with van der Waals surface area (Å²) in [6.07, 6.45) is 2.30. The Balaban J connectivity index is 2.14. The van der Waals surface area contributed by atoms with Gasteiger partial charge in [-0.1, -0.05) is 0 Å². The van der Waals surface area contributed by atoms with Crippen LogP contribution in [0.5, 0.6) is 0 Å². The second-order valence-corrected chi connectivity index (χ2v) is 4.46. The van der Waals surface area contributed by atoms with E-state index >= 15 is 0 Å². The minimum atomic E-state index is -1.07. The molecule has 1 aliphatic heterocycles. The zero-order valence-electron chi connectivity index (χ0n) is 10.7. The molecule has 1 heterocycles. The maximum Gasteiger partial charge on any atom is 0.334 e. The van der Waals surface area contributed by atoms with Gasteiger partial charge in [-0.05, 0) is 25.2 Å². The normalized spacial score (nSPS) is 18.3. The molecule has 1 amide bonds. The van der Waals surface area contributed by atoms with E-state index in [1.165, 1.54) is 7.11 Å². The molecule has 1 rings (SSSR count). The number of carboxylic acid groups (broad SMARTS) is 1. The highest BCUT2D eigenvalue weighted by Crippen LogP contribution is 2.19. The number of nitrogens with one attached hydrogen (secondary N) is 1. The molecule has 0 saturated carbocycles. The first kappa shape index (κ1) is 14.9. The predicted octanol–water partition coefficient (Wildman–Crippen LogP) is 0.409. The van der Waals surface area contributed by atoms with E-state index in [1.54, 1.807) is 0 Å². The van der Waals surface area contributed by atoms with Crippen molar-refractivity contribution < 1.29 is 24.2 Å². The van der Waals surface area contributed by atoms with Gasteiger partial charge in [-0.3, -0.25) is 4.79 Å². The Morgan fingerprint density at radius 1 is 1.44 bits per heavy atom. The number of ether oxygens (including phenoxy) is 2. The lowest BCUT2D eigenvalue weighted by Gasteiger charge is -2.21. The fraction of sp³-hybridized carbons (Fsp3) is 0.833. The summed E-state index contributed by atoms with van der Waals surface area (Å²) in [5, 5.41) is 11.3. The van der Waals surface area contributed by atoms with Crippen LogP contribution in [0.3, 0.4) is 0 Å². The van der Waals surface area contributed by atoms with Crippen molar-refractivity contribution in [1.29, 1.82) is 0 Å². The largest absolute Gasteiger partial charge is 0.479 e.